The Labute approximate surface area is 160 Å². The second kappa shape index (κ2) is 10.2. The Morgan fingerprint density at radius 1 is 1.11 bits per heavy atom. The van der Waals surface area contributed by atoms with Gasteiger partial charge in [0.1, 0.15) is 11.5 Å². The lowest BCUT2D eigenvalue weighted by Gasteiger charge is -2.17. The normalized spacial score (nSPS) is 11.9. The summed E-state index contributed by atoms with van der Waals surface area (Å²) >= 11 is 0. The zero-order valence-corrected chi connectivity index (χ0v) is 16.3. The Balaban J connectivity index is 1.94. The van der Waals surface area contributed by atoms with Gasteiger partial charge in [-0.1, -0.05) is 25.5 Å². The van der Waals surface area contributed by atoms with E-state index in [9.17, 15) is 4.79 Å². The molecule has 6 nitrogen and oxygen atoms in total. The number of ether oxygens (including phenoxy) is 2. The number of nitrogens with one attached hydrogen (secondary N) is 1. The van der Waals surface area contributed by atoms with Crippen molar-refractivity contribution in [2.45, 2.75) is 25.9 Å². The summed E-state index contributed by atoms with van der Waals surface area (Å²) in [7, 11) is 5.58. The lowest BCUT2D eigenvalue weighted by Crippen LogP contribution is -2.35. The fourth-order valence-electron chi connectivity index (χ4n) is 2.43. The number of carbonyl (C=O) groups excluding carboxylic acids is 1. The van der Waals surface area contributed by atoms with Gasteiger partial charge >= 0.3 is 0 Å². The van der Waals surface area contributed by atoms with Crippen LogP contribution in [0.2, 0.25) is 0 Å². The average molecular weight is 369 g/mol. The van der Waals surface area contributed by atoms with Crippen molar-refractivity contribution >= 4 is 17.8 Å². The van der Waals surface area contributed by atoms with E-state index in [-0.39, 0.29) is 5.91 Å². The summed E-state index contributed by atoms with van der Waals surface area (Å²) in [4.78, 5) is 14.4. The molecule has 2 aromatic carbocycles. The summed E-state index contributed by atoms with van der Waals surface area (Å²) in [5, 5.41) is 4.05. The Bertz CT molecular complexity index is 740. The molecule has 0 saturated heterocycles. The van der Waals surface area contributed by atoms with Gasteiger partial charge in [-0.2, -0.15) is 5.10 Å². The van der Waals surface area contributed by atoms with Gasteiger partial charge < -0.3 is 14.4 Å². The molecular formula is C21H27N3O3. The van der Waals surface area contributed by atoms with Crippen molar-refractivity contribution < 1.29 is 14.3 Å². The van der Waals surface area contributed by atoms with E-state index in [0.717, 1.165) is 23.4 Å². The first-order valence-electron chi connectivity index (χ1n) is 8.94. The van der Waals surface area contributed by atoms with Crippen LogP contribution in [0.5, 0.6) is 11.5 Å². The minimum Gasteiger partial charge on any atom is -0.497 e. The molecule has 2 rings (SSSR count). The summed E-state index contributed by atoms with van der Waals surface area (Å²) in [6.45, 7) is 2.01. The number of hydrogen-bond acceptors (Lipinski definition) is 5. The second-order valence-electron chi connectivity index (χ2n) is 6.29. The molecule has 0 aliphatic rings. The molecular weight excluding hydrogens is 342 g/mol. The maximum absolute atomic E-state index is 12.4. The molecule has 0 heterocycles. The third kappa shape index (κ3) is 6.33. The summed E-state index contributed by atoms with van der Waals surface area (Å²) in [6, 6.07) is 15.0. The molecule has 6 heteroatoms. The monoisotopic (exact) mass is 369 g/mol. The third-order valence-electron chi connectivity index (χ3n) is 3.98. The fraction of sp³-hybridized carbons (Fsp3) is 0.333. The molecule has 0 fully saturated rings. The molecule has 0 aliphatic heterocycles. The van der Waals surface area contributed by atoms with E-state index >= 15 is 0 Å². The van der Waals surface area contributed by atoms with E-state index in [1.165, 1.54) is 0 Å². The lowest BCUT2D eigenvalue weighted by molar-refractivity contribution is -0.128. The van der Waals surface area contributed by atoms with Crippen molar-refractivity contribution in [2.75, 3.05) is 26.1 Å². The number of hydrogen-bond donors (Lipinski definition) is 1. The van der Waals surface area contributed by atoms with Gasteiger partial charge in [0.25, 0.3) is 5.91 Å². The zero-order valence-electron chi connectivity index (χ0n) is 16.3. The van der Waals surface area contributed by atoms with Crippen LogP contribution in [0.4, 0.5) is 5.69 Å². The number of benzene rings is 2. The highest BCUT2D eigenvalue weighted by Gasteiger charge is 2.19. The first-order chi connectivity index (χ1) is 13.0. The van der Waals surface area contributed by atoms with Crippen molar-refractivity contribution in [1.82, 2.24) is 5.43 Å². The molecule has 1 atom stereocenters. The fourth-order valence-corrected chi connectivity index (χ4v) is 2.43. The van der Waals surface area contributed by atoms with Crippen LogP contribution in [-0.2, 0) is 4.79 Å². The molecule has 2 aromatic rings. The smallest absolute Gasteiger partial charge is 0.281 e. The Hall–Kier alpha value is -3.02. The van der Waals surface area contributed by atoms with Crippen molar-refractivity contribution in [3.63, 3.8) is 0 Å². The first-order valence-corrected chi connectivity index (χ1v) is 8.94. The molecule has 0 bridgehead atoms. The van der Waals surface area contributed by atoms with Crippen molar-refractivity contribution in [3.05, 3.63) is 54.1 Å². The van der Waals surface area contributed by atoms with E-state index in [2.05, 4.69) is 10.5 Å². The van der Waals surface area contributed by atoms with E-state index in [4.69, 9.17) is 9.47 Å². The van der Waals surface area contributed by atoms with Crippen LogP contribution < -0.4 is 19.8 Å². The van der Waals surface area contributed by atoms with E-state index in [0.29, 0.717) is 12.2 Å². The second-order valence-corrected chi connectivity index (χ2v) is 6.29. The van der Waals surface area contributed by atoms with Crippen LogP contribution in [0.3, 0.4) is 0 Å². The van der Waals surface area contributed by atoms with Gasteiger partial charge in [-0.05, 0) is 48.4 Å². The number of anilines is 1. The molecule has 0 aliphatic carbocycles. The van der Waals surface area contributed by atoms with E-state index < -0.39 is 6.10 Å². The Kier molecular flexibility index (Phi) is 7.67. The number of hydrazone groups is 1. The molecule has 1 N–H and O–H groups in total. The van der Waals surface area contributed by atoms with Crippen LogP contribution in [0, 0.1) is 0 Å². The van der Waals surface area contributed by atoms with Gasteiger partial charge in [-0.15, -0.1) is 0 Å². The largest absolute Gasteiger partial charge is 0.497 e. The van der Waals surface area contributed by atoms with Gasteiger partial charge in [0.2, 0.25) is 0 Å². The summed E-state index contributed by atoms with van der Waals surface area (Å²) < 4.78 is 10.9. The van der Waals surface area contributed by atoms with Gasteiger partial charge in [0.05, 0.1) is 13.3 Å². The summed E-state index contributed by atoms with van der Waals surface area (Å²) in [5.41, 5.74) is 4.58. The Morgan fingerprint density at radius 3 is 2.30 bits per heavy atom. The highest BCUT2D eigenvalue weighted by atomic mass is 16.5. The van der Waals surface area contributed by atoms with Crippen LogP contribution in [0.25, 0.3) is 0 Å². The van der Waals surface area contributed by atoms with Crippen molar-refractivity contribution in [1.29, 1.82) is 0 Å². The maximum atomic E-state index is 12.4. The highest BCUT2D eigenvalue weighted by Crippen LogP contribution is 2.19. The summed E-state index contributed by atoms with van der Waals surface area (Å²) in [5.74, 6) is 1.09. The topological polar surface area (TPSA) is 63.2 Å². The lowest BCUT2D eigenvalue weighted by atomic mass is 10.2. The SMILES string of the molecule is CCC[C@H](Oc1ccc(OC)cc1)C(=O)NN=Cc1ccc(N(C)C)cc1. The van der Waals surface area contributed by atoms with E-state index in [1.54, 1.807) is 37.6 Å². The molecule has 0 spiro atoms. The number of amides is 1. The van der Waals surface area contributed by atoms with Crippen LogP contribution >= 0.6 is 0 Å². The van der Waals surface area contributed by atoms with Crippen molar-refractivity contribution in [3.8, 4) is 11.5 Å². The minimum absolute atomic E-state index is 0.270. The predicted molar refractivity (Wildman–Crippen MR) is 109 cm³/mol. The maximum Gasteiger partial charge on any atom is 0.281 e. The van der Waals surface area contributed by atoms with Gasteiger partial charge in [-0.3, -0.25) is 4.79 Å². The molecule has 0 saturated carbocycles. The molecule has 144 valence electrons. The van der Waals surface area contributed by atoms with E-state index in [1.807, 2.05) is 50.2 Å². The standard InChI is InChI=1S/C21H27N3O3/c1-5-6-20(27-19-13-11-18(26-4)12-14-19)21(25)23-22-15-16-7-9-17(10-8-16)24(2)3/h7-15,20H,5-6H2,1-4H3,(H,23,25)/t20-/m0/s1. The first kappa shape index (κ1) is 20.3. The third-order valence-corrected chi connectivity index (χ3v) is 3.98. The molecule has 0 unspecified atom stereocenters. The van der Waals surface area contributed by atoms with Gasteiger partial charge in [-0.25, -0.2) is 5.43 Å². The average Bonchev–Trinajstić information content (AvgIpc) is 2.68. The number of rotatable bonds is 9. The van der Waals surface area contributed by atoms with Gasteiger partial charge in [0, 0.05) is 19.8 Å². The molecule has 0 aromatic heterocycles. The molecule has 1 amide bonds. The minimum atomic E-state index is -0.600. The molecule has 0 radical (unpaired) electrons. The highest BCUT2D eigenvalue weighted by molar-refractivity contribution is 5.84. The Morgan fingerprint density at radius 2 is 1.74 bits per heavy atom. The van der Waals surface area contributed by atoms with Crippen LogP contribution in [0.15, 0.2) is 53.6 Å². The number of methoxy groups -OCH3 is 1. The van der Waals surface area contributed by atoms with Gasteiger partial charge in [0.15, 0.2) is 6.10 Å². The van der Waals surface area contributed by atoms with Crippen LogP contribution in [0.1, 0.15) is 25.3 Å². The predicted octanol–water partition coefficient (Wildman–Crippen LogP) is 3.46. The molecule has 27 heavy (non-hydrogen) atoms. The van der Waals surface area contributed by atoms with Crippen molar-refractivity contribution in [2.24, 2.45) is 5.10 Å². The summed E-state index contributed by atoms with van der Waals surface area (Å²) in [6.07, 6.45) is 2.44. The zero-order chi connectivity index (χ0) is 19.6. The quantitative estimate of drug-likeness (QED) is 0.543. The van der Waals surface area contributed by atoms with Crippen LogP contribution in [-0.4, -0.2) is 39.4 Å². The number of nitrogens with zero attached hydrogens (tertiary/aromatic N) is 2. The number of carbonyl (C=O) groups is 1.